The summed E-state index contributed by atoms with van der Waals surface area (Å²) in [5, 5.41) is 3.44. The molecule has 158 valence electrons. The minimum Gasteiger partial charge on any atom is -0.484 e. The smallest absolute Gasteiger partial charge is 0.264 e. The van der Waals surface area contributed by atoms with Crippen molar-refractivity contribution in [3.63, 3.8) is 0 Å². The van der Waals surface area contributed by atoms with E-state index in [4.69, 9.17) is 9.47 Å². The Bertz CT molecular complexity index is 997. The molecule has 1 N–H and O–H groups in total. The molecule has 1 atom stereocenters. The van der Waals surface area contributed by atoms with Crippen LogP contribution in [0.15, 0.2) is 42.5 Å². The number of morpholine rings is 1. The van der Waals surface area contributed by atoms with E-state index in [1.165, 1.54) is 16.9 Å². The van der Waals surface area contributed by atoms with Crippen LogP contribution < -0.4 is 15.0 Å². The van der Waals surface area contributed by atoms with Crippen LogP contribution in [-0.4, -0.2) is 43.8 Å². The van der Waals surface area contributed by atoms with Crippen LogP contribution in [0, 0.1) is 0 Å². The number of fused-ring (bicyclic) bond motifs is 1. The molecule has 0 unspecified atom stereocenters. The maximum Gasteiger partial charge on any atom is 0.264 e. The second-order valence-electron chi connectivity index (χ2n) is 7.49. The van der Waals surface area contributed by atoms with E-state index in [2.05, 4.69) is 53.3 Å². The number of aromatic nitrogens is 1. The van der Waals surface area contributed by atoms with Crippen LogP contribution in [0.25, 0.3) is 10.2 Å². The third-order valence-corrected chi connectivity index (χ3v) is 6.36. The Hall–Kier alpha value is -2.64. The fourth-order valence-corrected chi connectivity index (χ4v) is 4.33. The van der Waals surface area contributed by atoms with Gasteiger partial charge in [-0.15, -0.1) is 0 Å². The second-order valence-corrected chi connectivity index (χ2v) is 8.52. The number of anilines is 2. The van der Waals surface area contributed by atoms with Gasteiger partial charge in [-0.25, -0.2) is 4.98 Å². The molecule has 7 heteroatoms. The van der Waals surface area contributed by atoms with Crippen molar-refractivity contribution in [1.82, 2.24) is 4.98 Å². The first-order chi connectivity index (χ1) is 14.6. The van der Waals surface area contributed by atoms with E-state index in [0.29, 0.717) is 16.8 Å². The Labute approximate surface area is 180 Å². The third-order valence-electron chi connectivity index (χ3n) is 5.43. The maximum absolute atomic E-state index is 12.3. The van der Waals surface area contributed by atoms with Crippen molar-refractivity contribution in [2.75, 3.05) is 43.1 Å². The van der Waals surface area contributed by atoms with Gasteiger partial charge in [0.15, 0.2) is 11.7 Å². The zero-order valence-corrected chi connectivity index (χ0v) is 18.2. The molecule has 1 aromatic heterocycles. The maximum atomic E-state index is 12.3. The SMILES string of the molecule is CC[C@@H](C)c1ccc(OCC(=O)Nc2nc3ccc(N4CCOCC4)cc3s2)cc1. The number of nitrogens with zero attached hydrogens (tertiary/aromatic N) is 2. The van der Waals surface area contributed by atoms with E-state index >= 15 is 0 Å². The normalized spacial score (nSPS) is 15.2. The third kappa shape index (κ3) is 4.91. The first kappa shape index (κ1) is 20.6. The summed E-state index contributed by atoms with van der Waals surface area (Å²) >= 11 is 1.48. The zero-order valence-electron chi connectivity index (χ0n) is 17.4. The molecule has 1 aliphatic rings. The number of hydrogen-bond acceptors (Lipinski definition) is 6. The van der Waals surface area contributed by atoms with E-state index < -0.39 is 0 Å². The Morgan fingerprint density at radius 3 is 2.73 bits per heavy atom. The number of hydrogen-bond donors (Lipinski definition) is 1. The van der Waals surface area contributed by atoms with Gasteiger partial charge in [-0.05, 0) is 48.2 Å². The van der Waals surface area contributed by atoms with Crippen molar-refractivity contribution in [2.24, 2.45) is 0 Å². The van der Waals surface area contributed by atoms with Gasteiger partial charge in [0.2, 0.25) is 0 Å². The molecule has 0 aliphatic carbocycles. The number of rotatable bonds is 7. The first-order valence-corrected chi connectivity index (χ1v) is 11.2. The van der Waals surface area contributed by atoms with Crippen LogP contribution in [-0.2, 0) is 9.53 Å². The number of nitrogens with one attached hydrogen (secondary N) is 1. The highest BCUT2D eigenvalue weighted by Gasteiger charge is 2.14. The number of ether oxygens (including phenoxy) is 2. The average molecular weight is 426 g/mol. The Morgan fingerprint density at radius 2 is 2.00 bits per heavy atom. The van der Waals surface area contributed by atoms with Gasteiger partial charge in [-0.2, -0.15) is 0 Å². The molecule has 30 heavy (non-hydrogen) atoms. The largest absolute Gasteiger partial charge is 0.484 e. The number of thiazole rings is 1. The quantitative estimate of drug-likeness (QED) is 0.596. The highest BCUT2D eigenvalue weighted by molar-refractivity contribution is 7.22. The number of benzene rings is 2. The second kappa shape index (κ2) is 9.45. The topological polar surface area (TPSA) is 63.7 Å². The molecule has 0 spiro atoms. The Kier molecular flexibility index (Phi) is 6.50. The van der Waals surface area contributed by atoms with Gasteiger partial charge in [0.25, 0.3) is 5.91 Å². The predicted octanol–water partition coefficient (Wildman–Crippen LogP) is 4.66. The molecule has 1 amide bonds. The van der Waals surface area contributed by atoms with Crippen molar-refractivity contribution in [1.29, 1.82) is 0 Å². The highest BCUT2D eigenvalue weighted by Crippen LogP contribution is 2.30. The molecule has 6 nitrogen and oxygen atoms in total. The van der Waals surface area contributed by atoms with Gasteiger partial charge in [0, 0.05) is 18.8 Å². The van der Waals surface area contributed by atoms with E-state index in [1.807, 2.05) is 18.2 Å². The fourth-order valence-electron chi connectivity index (χ4n) is 3.42. The summed E-state index contributed by atoms with van der Waals surface area (Å²) in [5.74, 6) is 0.996. The summed E-state index contributed by atoms with van der Waals surface area (Å²) in [6.45, 7) is 7.62. The minimum absolute atomic E-state index is 0.0440. The lowest BCUT2D eigenvalue weighted by Crippen LogP contribution is -2.36. The standard InChI is InChI=1S/C23H27N3O3S/c1-3-16(2)17-4-7-19(8-5-17)29-15-22(27)25-23-24-20-9-6-18(14-21(20)30-23)26-10-12-28-13-11-26/h4-9,14,16H,3,10-13,15H2,1-2H3,(H,24,25,27)/t16-/m1/s1. The lowest BCUT2D eigenvalue weighted by Gasteiger charge is -2.28. The van der Waals surface area contributed by atoms with Crippen LogP contribution in [0.5, 0.6) is 5.75 Å². The summed E-state index contributed by atoms with van der Waals surface area (Å²) in [6.07, 6.45) is 1.10. The van der Waals surface area contributed by atoms with E-state index in [0.717, 1.165) is 48.6 Å². The Morgan fingerprint density at radius 1 is 1.23 bits per heavy atom. The molecule has 0 radical (unpaired) electrons. The molecule has 4 rings (SSSR count). The van der Waals surface area contributed by atoms with Crippen molar-refractivity contribution in [3.8, 4) is 5.75 Å². The number of carbonyl (C=O) groups is 1. The predicted molar refractivity (Wildman–Crippen MR) is 122 cm³/mol. The number of carbonyl (C=O) groups excluding carboxylic acids is 1. The van der Waals surface area contributed by atoms with Crippen LogP contribution in [0.4, 0.5) is 10.8 Å². The zero-order chi connectivity index (χ0) is 20.9. The van der Waals surface area contributed by atoms with Crippen LogP contribution >= 0.6 is 11.3 Å². The lowest BCUT2D eigenvalue weighted by atomic mass is 9.99. The molecule has 1 fully saturated rings. The summed E-state index contributed by atoms with van der Waals surface area (Å²) in [6, 6.07) is 14.2. The van der Waals surface area contributed by atoms with Crippen LogP contribution in [0.2, 0.25) is 0 Å². The van der Waals surface area contributed by atoms with Gasteiger partial charge in [-0.1, -0.05) is 37.3 Å². The van der Waals surface area contributed by atoms with E-state index in [1.54, 1.807) is 0 Å². The molecular weight excluding hydrogens is 398 g/mol. The minimum atomic E-state index is -0.214. The lowest BCUT2D eigenvalue weighted by molar-refractivity contribution is -0.118. The van der Waals surface area contributed by atoms with Crippen molar-refractivity contribution in [2.45, 2.75) is 26.2 Å². The van der Waals surface area contributed by atoms with Crippen molar-refractivity contribution in [3.05, 3.63) is 48.0 Å². The van der Waals surface area contributed by atoms with Gasteiger partial charge in [-0.3, -0.25) is 10.1 Å². The average Bonchev–Trinajstić information content (AvgIpc) is 3.19. The summed E-state index contributed by atoms with van der Waals surface area (Å²) < 4.78 is 12.1. The van der Waals surface area contributed by atoms with Gasteiger partial charge >= 0.3 is 0 Å². The van der Waals surface area contributed by atoms with Gasteiger partial charge in [0.1, 0.15) is 5.75 Å². The summed E-state index contributed by atoms with van der Waals surface area (Å²) in [5.41, 5.74) is 3.32. The molecular formula is C23H27N3O3S. The van der Waals surface area contributed by atoms with Crippen molar-refractivity contribution < 1.29 is 14.3 Å². The molecule has 0 bridgehead atoms. The molecule has 1 saturated heterocycles. The highest BCUT2D eigenvalue weighted by atomic mass is 32.1. The molecule has 1 aliphatic heterocycles. The molecule has 2 heterocycles. The van der Waals surface area contributed by atoms with Gasteiger partial charge in [0.05, 0.1) is 23.4 Å². The number of amides is 1. The van der Waals surface area contributed by atoms with Crippen LogP contribution in [0.1, 0.15) is 31.7 Å². The first-order valence-electron chi connectivity index (χ1n) is 10.4. The van der Waals surface area contributed by atoms with E-state index in [9.17, 15) is 4.79 Å². The summed E-state index contributed by atoms with van der Waals surface area (Å²) in [4.78, 5) is 19.1. The van der Waals surface area contributed by atoms with Gasteiger partial charge < -0.3 is 14.4 Å². The molecule has 2 aromatic carbocycles. The molecule has 0 saturated carbocycles. The molecule has 3 aromatic rings. The fraction of sp³-hybridized carbons (Fsp3) is 0.391. The Balaban J connectivity index is 1.34. The van der Waals surface area contributed by atoms with E-state index in [-0.39, 0.29) is 12.5 Å². The van der Waals surface area contributed by atoms with Crippen molar-refractivity contribution >= 4 is 38.3 Å². The monoisotopic (exact) mass is 425 g/mol. The summed E-state index contributed by atoms with van der Waals surface area (Å²) in [7, 11) is 0. The van der Waals surface area contributed by atoms with Crippen LogP contribution in [0.3, 0.4) is 0 Å².